The normalized spacial score (nSPS) is 26.8. The molecular weight excluding hydrogens is 383 g/mol. The fourth-order valence-electron chi connectivity index (χ4n) is 3.60. The Morgan fingerprint density at radius 2 is 1.65 bits per heavy atom. The molecule has 1 amide bonds. The first kappa shape index (κ1) is 19.2. The van der Waals surface area contributed by atoms with Gasteiger partial charge in [-0.25, -0.2) is 21.2 Å². The van der Waals surface area contributed by atoms with Gasteiger partial charge in [0.2, 0.25) is 5.91 Å². The van der Waals surface area contributed by atoms with Crippen LogP contribution in [0.1, 0.15) is 6.92 Å². The summed E-state index contributed by atoms with van der Waals surface area (Å²) in [6.07, 6.45) is 0. The van der Waals surface area contributed by atoms with Crippen molar-refractivity contribution in [1.82, 2.24) is 9.80 Å². The Labute approximate surface area is 152 Å². The molecule has 0 bridgehead atoms. The molecule has 3 rings (SSSR count). The van der Waals surface area contributed by atoms with Crippen LogP contribution in [0.4, 0.5) is 4.39 Å². The highest BCUT2D eigenvalue weighted by molar-refractivity contribution is 7.96. The molecular formula is C16H21FN2O5S2. The van der Waals surface area contributed by atoms with Gasteiger partial charge < -0.3 is 4.90 Å². The van der Waals surface area contributed by atoms with Crippen LogP contribution in [0.5, 0.6) is 0 Å². The first-order valence-corrected chi connectivity index (χ1v) is 11.7. The second-order valence-corrected chi connectivity index (χ2v) is 11.0. The summed E-state index contributed by atoms with van der Waals surface area (Å²) in [5.41, 5.74) is 0. The van der Waals surface area contributed by atoms with Crippen LogP contribution < -0.4 is 0 Å². The number of carbonyl (C=O) groups excluding carboxylic acids is 1. The van der Waals surface area contributed by atoms with E-state index in [-0.39, 0.29) is 16.6 Å². The van der Waals surface area contributed by atoms with E-state index in [0.717, 1.165) is 12.1 Å². The molecule has 1 aromatic carbocycles. The first-order valence-electron chi connectivity index (χ1n) is 8.29. The summed E-state index contributed by atoms with van der Waals surface area (Å²) in [6, 6.07) is 3.78. The van der Waals surface area contributed by atoms with Gasteiger partial charge in [0.25, 0.3) is 0 Å². The van der Waals surface area contributed by atoms with E-state index < -0.39 is 42.5 Å². The molecule has 0 aliphatic carbocycles. The molecule has 144 valence electrons. The van der Waals surface area contributed by atoms with Crippen molar-refractivity contribution in [2.24, 2.45) is 0 Å². The maximum absolute atomic E-state index is 13.1. The number of piperazine rings is 1. The van der Waals surface area contributed by atoms with Crippen LogP contribution in [0.25, 0.3) is 0 Å². The molecule has 0 aromatic heterocycles. The van der Waals surface area contributed by atoms with E-state index in [9.17, 15) is 26.0 Å². The van der Waals surface area contributed by atoms with Crippen molar-refractivity contribution in [1.29, 1.82) is 0 Å². The summed E-state index contributed by atoms with van der Waals surface area (Å²) in [5.74, 6) is -1.28. The molecule has 2 unspecified atom stereocenters. The molecule has 2 aliphatic heterocycles. The number of benzene rings is 1. The van der Waals surface area contributed by atoms with Crippen molar-refractivity contribution >= 4 is 25.6 Å². The summed E-state index contributed by atoms with van der Waals surface area (Å²) in [7, 11) is -7.42. The van der Waals surface area contributed by atoms with Crippen LogP contribution in [0.2, 0.25) is 0 Å². The van der Waals surface area contributed by atoms with Crippen molar-refractivity contribution in [2.45, 2.75) is 23.1 Å². The minimum Gasteiger partial charge on any atom is -0.340 e. The van der Waals surface area contributed by atoms with Crippen LogP contribution in [0.15, 0.2) is 29.2 Å². The highest BCUT2D eigenvalue weighted by atomic mass is 32.2. The Hall–Kier alpha value is -1.52. The van der Waals surface area contributed by atoms with E-state index in [2.05, 4.69) is 0 Å². The summed E-state index contributed by atoms with van der Waals surface area (Å²) in [4.78, 5) is 14.9. The third-order valence-electron chi connectivity index (χ3n) is 5.04. The molecule has 2 heterocycles. The number of amides is 1. The third kappa shape index (κ3) is 3.77. The van der Waals surface area contributed by atoms with Gasteiger partial charge in [0, 0.05) is 39.1 Å². The number of hydrogen-bond donors (Lipinski definition) is 0. The minimum absolute atomic E-state index is 0.0563. The Morgan fingerprint density at radius 1 is 1.08 bits per heavy atom. The first-order chi connectivity index (χ1) is 12.1. The Bertz CT molecular complexity index is 891. The number of carbonyl (C=O) groups is 1. The SMILES string of the molecule is CC(=O)N1CCN(C2CS(=O)(=O)CC2S(=O)(=O)c2ccc(F)cc2)CC1. The second kappa shape index (κ2) is 6.90. The van der Waals surface area contributed by atoms with Gasteiger partial charge >= 0.3 is 0 Å². The molecule has 2 fully saturated rings. The zero-order chi connectivity index (χ0) is 19.1. The van der Waals surface area contributed by atoms with Gasteiger partial charge in [-0.05, 0) is 24.3 Å². The number of rotatable bonds is 3. The molecule has 26 heavy (non-hydrogen) atoms. The topological polar surface area (TPSA) is 91.8 Å². The van der Waals surface area contributed by atoms with Gasteiger partial charge in [-0.15, -0.1) is 0 Å². The molecule has 0 radical (unpaired) electrons. The predicted molar refractivity (Wildman–Crippen MR) is 93.6 cm³/mol. The van der Waals surface area contributed by atoms with E-state index >= 15 is 0 Å². The van der Waals surface area contributed by atoms with Crippen LogP contribution in [0.3, 0.4) is 0 Å². The average Bonchev–Trinajstić information content (AvgIpc) is 2.92. The molecule has 0 spiro atoms. The minimum atomic E-state index is -3.92. The Balaban J connectivity index is 1.87. The number of hydrogen-bond acceptors (Lipinski definition) is 6. The summed E-state index contributed by atoms with van der Waals surface area (Å²) < 4.78 is 63.4. The molecule has 2 aliphatic rings. The largest absolute Gasteiger partial charge is 0.340 e. The highest BCUT2D eigenvalue weighted by Gasteiger charge is 2.48. The van der Waals surface area contributed by atoms with Crippen LogP contribution >= 0.6 is 0 Å². The van der Waals surface area contributed by atoms with E-state index in [0.29, 0.717) is 26.2 Å². The monoisotopic (exact) mass is 404 g/mol. The number of halogens is 1. The van der Waals surface area contributed by atoms with E-state index in [4.69, 9.17) is 0 Å². The van der Waals surface area contributed by atoms with Crippen molar-refractivity contribution in [3.63, 3.8) is 0 Å². The maximum atomic E-state index is 13.1. The zero-order valence-corrected chi connectivity index (χ0v) is 16.0. The number of nitrogens with zero attached hydrogens (tertiary/aromatic N) is 2. The van der Waals surface area contributed by atoms with Crippen molar-refractivity contribution in [3.05, 3.63) is 30.1 Å². The molecule has 0 N–H and O–H groups in total. The predicted octanol–water partition coefficient (Wildman–Crippen LogP) is -0.0709. The lowest BCUT2D eigenvalue weighted by Gasteiger charge is -2.39. The average molecular weight is 404 g/mol. The molecule has 10 heteroatoms. The van der Waals surface area contributed by atoms with Crippen LogP contribution in [-0.2, 0) is 24.5 Å². The highest BCUT2D eigenvalue weighted by Crippen LogP contribution is 2.29. The molecule has 7 nitrogen and oxygen atoms in total. The van der Waals surface area contributed by atoms with Gasteiger partial charge in [-0.2, -0.15) is 0 Å². The van der Waals surface area contributed by atoms with Gasteiger partial charge in [-0.3, -0.25) is 9.69 Å². The van der Waals surface area contributed by atoms with Crippen molar-refractivity contribution in [2.75, 3.05) is 37.7 Å². The van der Waals surface area contributed by atoms with Gasteiger partial charge in [-0.1, -0.05) is 0 Å². The summed E-state index contributed by atoms with van der Waals surface area (Å²) >= 11 is 0. The number of sulfone groups is 2. The zero-order valence-electron chi connectivity index (χ0n) is 14.3. The second-order valence-electron chi connectivity index (χ2n) is 6.72. The van der Waals surface area contributed by atoms with E-state index in [1.165, 1.54) is 19.1 Å². The van der Waals surface area contributed by atoms with E-state index in [1.54, 1.807) is 4.90 Å². The molecule has 0 saturated carbocycles. The lowest BCUT2D eigenvalue weighted by molar-refractivity contribution is -0.130. The smallest absolute Gasteiger partial charge is 0.219 e. The van der Waals surface area contributed by atoms with E-state index in [1.807, 2.05) is 4.90 Å². The Kier molecular flexibility index (Phi) is 5.11. The Morgan fingerprint density at radius 3 is 2.19 bits per heavy atom. The quantitative estimate of drug-likeness (QED) is 0.655. The fourth-order valence-corrected chi connectivity index (χ4v) is 8.43. The standard InChI is InChI=1S/C16H21FN2O5S2/c1-12(20)18-6-8-19(9-7-18)15-10-25(21,22)11-16(15)26(23,24)14-4-2-13(17)3-5-14/h2-5,15-16H,6-11H2,1H3. The molecule has 1 aromatic rings. The lowest BCUT2D eigenvalue weighted by atomic mass is 10.2. The molecule has 2 atom stereocenters. The van der Waals surface area contributed by atoms with Crippen molar-refractivity contribution < 1.29 is 26.0 Å². The van der Waals surface area contributed by atoms with Gasteiger partial charge in [0.05, 0.1) is 21.7 Å². The van der Waals surface area contributed by atoms with Gasteiger partial charge in [0.15, 0.2) is 19.7 Å². The van der Waals surface area contributed by atoms with Gasteiger partial charge in [0.1, 0.15) is 5.82 Å². The maximum Gasteiger partial charge on any atom is 0.219 e. The van der Waals surface area contributed by atoms with Crippen LogP contribution in [0, 0.1) is 5.82 Å². The fraction of sp³-hybridized carbons (Fsp3) is 0.562. The lowest BCUT2D eigenvalue weighted by Crippen LogP contribution is -2.55. The van der Waals surface area contributed by atoms with Crippen molar-refractivity contribution in [3.8, 4) is 0 Å². The third-order valence-corrected chi connectivity index (χ3v) is 9.18. The summed E-state index contributed by atoms with van der Waals surface area (Å²) in [5, 5.41) is -1.10. The summed E-state index contributed by atoms with van der Waals surface area (Å²) in [6.45, 7) is 3.20. The molecule has 2 saturated heterocycles. The van der Waals surface area contributed by atoms with Crippen LogP contribution in [-0.4, -0.2) is 81.5 Å².